The third-order valence-corrected chi connectivity index (χ3v) is 7.44. The van der Waals surface area contributed by atoms with Gasteiger partial charge in [-0.3, -0.25) is 0 Å². The predicted octanol–water partition coefficient (Wildman–Crippen LogP) is 5.14. The molecular formula is C20H24N2O2S2. The summed E-state index contributed by atoms with van der Waals surface area (Å²) >= 11 is 6.61. The number of hydrogen-bond donors (Lipinski definition) is 1. The second-order valence-electron chi connectivity index (χ2n) is 7.14. The van der Waals surface area contributed by atoms with E-state index in [-0.39, 0.29) is 16.8 Å². The second kappa shape index (κ2) is 7.31. The number of fused-ring (bicyclic) bond motifs is 1. The first-order valence-corrected chi connectivity index (χ1v) is 10.6. The Morgan fingerprint density at radius 2 is 2.12 bits per heavy atom. The van der Waals surface area contributed by atoms with Gasteiger partial charge in [-0.1, -0.05) is 37.5 Å². The van der Waals surface area contributed by atoms with Gasteiger partial charge >= 0.3 is 5.97 Å². The summed E-state index contributed by atoms with van der Waals surface area (Å²) in [4.78, 5) is 18.1. The number of hydrogen-bond acceptors (Lipinski definition) is 5. The average Bonchev–Trinajstić information content (AvgIpc) is 3.03. The normalized spacial score (nSPS) is 21.4. The van der Waals surface area contributed by atoms with Crippen LogP contribution in [0.25, 0.3) is 0 Å². The van der Waals surface area contributed by atoms with Crippen LogP contribution in [0.5, 0.6) is 0 Å². The molecule has 6 heteroatoms. The lowest BCUT2D eigenvalue weighted by molar-refractivity contribution is 0.0510. The molecule has 2 aliphatic rings. The zero-order valence-electron chi connectivity index (χ0n) is 15.0. The lowest BCUT2D eigenvalue weighted by Crippen LogP contribution is -2.36. The van der Waals surface area contributed by atoms with E-state index < -0.39 is 0 Å². The summed E-state index contributed by atoms with van der Waals surface area (Å²) in [6, 6.07) is 8.63. The minimum atomic E-state index is -0.325. The molecule has 1 aliphatic carbocycles. The Balaban J connectivity index is 1.80. The number of benzene rings is 1. The maximum atomic E-state index is 12.5. The van der Waals surface area contributed by atoms with Crippen molar-refractivity contribution in [3.63, 3.8) is 0 Å². The third-order valence-electron chi connectivity index (χ3n) is 5.51. The SMILES string of the molecule is CCOC(=O)c1cnc(S)n1C1CC2(CCCCC2)Sc2ccccc21. The summed E-state index contributed by atoms with van der Waals surface area (Å²) in [7, 11) is 0. The van der Waals surface area contributed by atoms with Gasteiger partial charge in [0.15, 0.2) is 5.16 Å². The van der Waals surface area contributed by atoms with Crippen LogP contribution in [0.4, 0.5) is 0 Å². The molecule has 1 aromatic carbocycles. The van der Waals surface area contributed by atoms with Gasteiger partial charge in [0.25, 0.3) is 0 Å². The Morgan fingerprint density at radius 3 is 2.88 bits per heavy atom. The average molecular weight is 389 g/mol. The maximum absolute atomic E-state index is 12.5. The van der Waals surface area contributed by atoms with Gasteiger partial charge in [-0.15, -0.1) is 24.4 Å². The summed E-state index contributed by atoms with van der Waals surface area (Å²) in [5.41, 5.74) is 1.75. The van der Waals surface area contributed by atoms with Crippen molar-refractivity contribution >= 4 is 30.4 Å². The molecule has 1 fully saturated rings. The van der Waals surface area contributed by atoms with Crippen molar-refractivity contribution in [2.75, 3.05) is 6.61 Å². The van der Waals surface area contributed by atoms with Crippen molar-refractivity contribution in [1.29, 1.82) is 0 Å². The number of thioether (sulfide) groups is 1. The Kier molecular flexibility index (Phi) is 5.06. The molecule has 138 valence electrons. The standard InChI is InChI=1S/C20H24N2O2S2/c1-2-24-18(23)16-13-21-19(25)22(16)15-12-20(10-6-3-7-11-20)26-17-9-5-4-8-14(15)17/h4-5,8-9,13,15H,2-3,6-7,10-12H2,1H3,(H,21,25). The van der Waals surface area contributed by atoms with E-state index in [1.54, 1.807) is 6.20 Å². The van der Waals surface area contributed by atoms with E-state index in [1.807, 2.05) is 23.3 Å². The molecule has 4 nitrogen and oxygen atoms in total. The lowest BCUT2D eigenvalue weighted by atomic mass is 9.81. The third kappa shape index (κ3) is 3.18. The Hall–Kier alpha value is -1.40. The first-order valence-electron chi connectivity index (χ1n) is 9.35. The molecule has 1 unspecified atom stereocenters. The van der Waals surface area contributed by atoms with Crippen LogP contribution in [0.15, 0.2) is 40.5 Å². The van der Waals surface area contributed by atoms with Gasteiger partial charge in [-0.25, -0.2) is 9.78 Å². The fourth-order valence-electron chi connectivity index (χ4n) is 4.33. The first kappa shape index (κ1) is 18.0. The Bertz CT molecular complexity index is 812. The fourth-order valence-corrected chi connectivity index (χ4v) is 6.31. The van der Waals surface area contributed by atoms with Crippen molar-refractivity contribution in [3.05, 3.63) is 41.7 Å². The van der Waals surface area contributed by atoms with E-state index in [2.05, 4.69) is 41.9 Å². The zero-order valence-corrected chi connectivity index (χ0v) is 16.7. The maximum Gasteiger partial charge on any atom is 0.356 e. The Morgan fingerprint density at radius 1 is 1.35 bits per heavy atom. The molecule has 4 rings (SSSR count). The number of aromatic nitrogens is 2. The highest BCUT2D eigenvalue weighted by Crippen LogP contribution is 2.55. The molecule has 1 aliphatic heterocycles. The highest BCUT2D eigenvalue weighted by Gasteiger charge is 2.42. The topological polar surface area (TPSA) is 44.1 Å². The van der Waals surface area contributed by atoms with Gasteiger partial charge < -0.3 is 9.30 Å². The quantitative estimate of drug-likeness (QED) is 0.584. The van der Waals surface area contributed by atoms with E-state index >= 15 is 0 Å². The summed E-state index contributed by atoms with van der Waals surface area (Å²) in [6.07, 6.45) is 8.95. The molecule has 26 heavy (non-hydrogen) atoms. The van der Waals surface area contributed by atoms with Crippen molar-refractivity contribution < 1.29 is 9.53 Å². The first-order chi connectivity index (χ1) is 12.6. The number of esters is 1. The molecular weight excluding hydrogens is 364 g/mol. The highest BCUT2D eigenvalue weighted by molar-refractivity contribution is 8.00. The van der Waals surface area contributed by atoms with Gasteiger partial charge in [0.1, 0.15) is 5.69 Å². The van der Waals surface area contributed by atoms with Crippen molar-refractivity contribution in [3.8, 4) is 0 Å². The predicted molar refractivity (Wildman–Crippen MR) is 106 cm³/mol. The second-order valence-corrected chi connectivity index (χ2v) is 9.05. The summed E-state index contributed by atoms with van der Waals surface area (Å²) in [5, 5.41) is 0.575. The summed E-state index contributed by atoms with van der Waals surface area (Å²) < 4.78 is 7.48. The summed E-state index contributed by atoms with van der Waals surface area (Å²) in [5.74, 6) is -0.325. The van der Waals surface area contributed by atoms with Crippen LogP contribution >= 0.6 is 24.4 Å². The van der Waals surface area contributed by atoms with E-state index in [0.29, 0.717) is 17.5 Å². The molecule has 1 spiro atoms. The number of carbonyl (C=O) groups excluding carboxylic acids is 1. The molecule has 0 bridgehead atoms. The fraction of sp³-hybridized carbons (Fsp3) is 0.500. The van der Waals surface area contributed by atoms with Crippen LogP contribution in [-0.4, -0.2) is 26.9 Å². The van der Waals surface area contributed by atoms with Crippen molar-refractivity contribution in [2.45, 2.75) is 66.3 Å². The minimum absolute atomic E-state index is 0.0694. The number of imidazole rings is 1. The molecule has 0 N–H and O–H groups in total. The van der Waals surface area contributed by atoms with Crippen LogP contribution in [0.3, 0.4) is 0 Å². The number of rotatable bonds is 3. The minimum Gasteiger partial charge on any atom is -0.461 e. The largest absolute Gasteiger partial charge is 0.461 e. The zero-order chi connectivity index (χ0) is 18.1. The number of carbonyl (C=O) groups is 1. The molecule has 2 heterocycles. The van der Waals surface area contributed by atoms with Crippen molar-refractivity contribution in [1.82, 2.24) is 9.55 Å². The smallest absolute Gasteiger partial charge is 0.356 e. The monoisotopic (exact) mass is 388 g/mol. The molecule has 1 saturated carbocycles. The number of ether oxygens (including phenoxy) is 1. The molecule has 0 radical (unpaired) electrons. The van der Waals surface area contributed by atoms with E-state index in [4.69, 9.17) is 4.74 Å². The molecule has 0 amide bonds. The van der Waals surface area contributed by atoms with Gasteiger partial charge in [0.05, 0.1) is 18.8 Å². The van der Waals surface area contributed by atoms with Crippen LogP contribution in [-0.2, 0) is 4.74 Å². The van der Waals surface area contributed by atoms with Crippen LogP contribution in [0.1, 0.15) is 67.5 Å². The lowest BCUT2D eigenvalue weighted by Gasteiger charge is -2.44. The van der Waals surface area contributed by atoms with Crippen LogP contribution < -0.4 is 0 Å². The highest BCUT2D eigenvalue weighted by atomic mass is 32.2. The van der Waals surface area contributed by atoms with E-state index in [0.717, 1.165) is 6.42 Å². The van der Waals surface area contributed by atoms with Gasteiger partial charge in [0.2, 0.25) is 0 Å². The van der Waals surface area contributed by atoms with Crippen molar-refractivity contribution in [2.24, 2.45) is 0 Å². The Labute approximate surface area is 164 Å². The van der Waals surface area contributed by atoms with E-state index in [1.165, 1.54) is 42.6 Å². The van der Waals surface area contributed by atoms with Gasteiger partial charge in [0, 0.05) is 9.64 Å². The summed E-state index contributed by atoms with van der Waals surface area (Å²) in [6.45, 7) is 2.18. The molecule has 2 aromatic rings. The van der Waals surface area contributed by atoms with E-state index in [9.17, 15) is 4.79 Å². The van der Waals surface area contributed by atoms with Crippen LogP contribution in [0, 0.1) is 0 Å². The molecule has 1 atom stereocenters. The molecule has 1 aromatic heterocycles. The van der Waals surface area contributed by atoms with Gasteiger partial charge in [-0.05, 0) is 37.8 Å². The van der Waals surface area contributed by atoms with Gasteiger partial charge in [-0.2, -0.15) is 0 Å². The van der Waals surface area contributed by atoms with Crippen LogP contribution in [0.2, 0.25) is 0 Å². The number of thiol groups is 1. The number of nitrogens with zero attached hydrogens (tertiary/aromatic N) is 2. The molecule has 0 saturated heterocycles.